The third-order valence-electron chi connectivity index (χ3n) is 6.22. The standard InChI is InChI=1S/C19H31F/c1-9-14(5)11-17(20)16(10-2)12-18(7)15(6)19(18,8)13(3)4/h9,11,13,15H,1,10,12H2,2-8H3/b14-11-,17-16+. The highest BCUT2D eigenvalue weighted by molar-refractivity contribution is 5.30. The van der Waals surface area contributed by atoms with Crippen molar-refractivity contribution >= 4 is 0 Å². The van der Waals surface area contributed by atoms with E-state index in [0.717, 1.165) is 24.0 Å². The first-order valence-corrected chi connectivity index (χ1v) is 7.83. The van der Waals surface area contributed by atoms with E-state index in [0.29, 0.717) is 17.3 Å². The summed E-state index contributed by atoms with van der Waals surface area (Å²) in [7, 11) is 0. The second-order valence-corrected chi connectivity index (χ2v) is 7.15. The van der Waals surface area contributed by atoms with Crippen molar-refractivity contribution in [2.75, 3.05) is 0 Å². The van der Waals surface area contributed by atoms with E-state index >= 15 is 0 Å². The van der Waals surface area contributed by atoms with Crippen molar-refractivity contribution in [1.82, 2.24) is 0 Å². The Morgan fingerprint density at radius 3 is 2.25 bits per heavy atom. The highest BCUT2D eigenvalue weighted by Gasteiger charge is 2.68. The molecule has 3 atom stereocenters. The van der Waals surface area contributed by atoms with Crippen LogP contribution >= 0.6 is 0 Å². The summed E-state index contributed by atoms with van der Waals surface area (Å²) in [6.45, 7) is 19.2. The van der Waals surface area contributed by atoms with Crippen LogP contribution in [0.15, 0.2) is 35.7 Å². The molecule has 3 unspecified atom stereocenters. The van der Waals surface area contributed by atoms with Crippen LogP contribution in [0.25, 0.3) is 0 Å². The molecule has 0 heterocycles. The van der Waals surface area contributed by atoms with E-state index < -0.39 is 0 Å². The molecular formula is C19H31F. The zero-order chi connectivity index (χ0) is 15.7. The number of hydrogen-bond acceptors (Lipinski definition) is 0. The summed E-state index contributed by atoms with van der Waals surface area (Å²) < 4.78 is 14.4. The summed E-state index contributed by atoms with van der Waals surface area (Å²) >= 11 is 0. The molecule has 1 aliphatic carbocycles. The Morgan fingerprint density at radius 1 is 1.35 bits per heavy atom. The topological polar surface area (TPSA) is 0 Å². The number of halogens is 1. The largest absolute Gasteiger partial charge is 0.207 e. The van der Waals surface area contributed by atoms with Crippen molar-refractivity contribution in [2.45, 2.75) is 61.3 Å². The molecule has 1 rings (SSSR count). The van der Waals surface area contributed by atoms with Crippen molar-refractivity contribution in [3.63, 3.8) is 0 Å². The molecular weight excluding hydrogens is 247 g/mol. The van der Waals surface area contributed by atoms with Crippen LogP contribution in [-0.4, -0.2) is 0 Å². The Kier molecular flexibility index (Phi) is 5.05. The highest BCUT2D eigenvalue weighted by Crippen LogP contribution is 2.74. The van der Waals surface area contributed by atoms with Gasteiger partial charge in [-0.25, -0.2) is 4.39 Å². The fourth-order valence-electron chi connectivity index (χ4n) is 3.87. The lowest BCUT2D eigenvalue weighted by atomic mass is 9.82. The second-order valence-electron chi connectivity index (χ2n) is 7.15. The molecule has 0 aliphatic heterocycles. The third-order valence-corrected chi connectivity index (χ3v) is 6.22. The minimum absolute atomic E-state index is 0.0590. The van der Waals surface area contributed by atoms with Crippen LogP contribution in [-0.2, 0) is 0 Å². The van der Waals surface area contributed by atoms with Crippen LogP contribution in [0.3, 0.4) is 0 Å². The van der Waals surface area contributed by atoms with Crippen LogP contribution in [0.2, 0.25) is 0 Å². The van der Waals surface area contributed by atoms with Crippen LogP contribution in [0.4, 0.5) is 4.39 Å². The van der Waals surface area contributed by atoms with Gasteiger partial charge in [0.2, 0.25) is 0 Å². The van der Waals surface area contributed by atoms with E-state index in [2.05, 4.69) is 48.1 Å². The zero-order valence-electron chi connectivity index (χ0n) is 14.3. The van der Waals surface area contributed by atoms with E-state index in [-0.39, 0.29) is 11.2 Å². The SMILES string of the molecule is C=C/C(C)=C\C(F)=C(\CC)CC1(C)C(C)C1(C)C(C)C. The number of rotatable bonds is 6. The minimum atomic E-state index is -0.0590. The second kappa shape index (κ2) is 5.87. The Labute approximate surface area is 124 Å². The summed E-state index contributed by atoms with van der Waals surface area (Å²) in [4.78, 5) is 0. The Hall–Kier alpha value is -0.850. The average Bonchev–Trinajstić information content (AvgIpc) is 2.83. The first-order chi connectivity index (χ1) is 9.15. The first-order valence-electron chi connectivity index (χ1n) is 7.83. The van der Waals surface area contributed by atoms with Gasteiger partial charge in [0.05, 0.1) is 0 Å². The van der Waals surface area contributed by atoms with Gasteiger partial charge in [0.15, 0.2) is 0 Å². The maximum absolute atomic E-state index is 14.4. The third kappa shape index (κ3) is 2.64. The molecule has 0 aromatic heterocycles. The lowest BCUT2D eigenvalue weighted by Crippen LogP contribution is -2.15. The van der Waals surface area contributed by atoms with Gasteiger partial charge in [0.1, 0.15) is 5.83 Å². The highest BCUT2D eigenvalue weighted by atomic mass is 19.1. The lowest BCUT2D eigenvalue weighted by molar-refractivity contribution is 0.286. The maximum Gasteiger partial charge on any atom is 0.122 e. The van der Waals surface area contributed by atoms with Gasteiger partial charge in [-0.15, -0.1) is 0 Å². The predicted molar refractivity (Wildman–Crippen MR) is 87.2 cm³/mol. The molecule has 114 valence electrons. The zero-order valence-corrected chi connectivity index (χ0v) is 14.3. The van der Waals surface area contributed by atoms with Crippen molar-refractivity contribution in [3.05, 3.63) is 35.7 Å². The molecule has 1 saturated carbocycles. The fraction of sp³-hybridized carbons (Fsp3) is 0.684. The van der Waals surface area contributed by atoms with E-state index in [9.17, 15) is 4.39 Å². The summed E-state index contributed by atoms with van der Waals surface area (Å²) in [5, 5.41) is 0. The molecule has 0 saturated heterocycles. The maximum atomic E-state index is 14.4. The molecule has 1 aliphatic rings. The van der Waals surface area contributed by atoms with Crippen LogP contribution < -0.4 is 0 Å². The van der Waals surface area contributed by atoms with Crippen molar-refractivity contribution < 1.29 is 4.39 Å². The Morgan fingerprint density at radius 2 is 1.90 bits per heavy atom. The molecule has 0 bridgehead atoms. The predicted octanol–water partition coefficient (Wildman–Crippen LogP) is 6.46. The molecule has 0 radical (unpaired) electrons. The Balaban J connectivity index is 3.02. The van der Waals surface area contributed by atoms with Crippen LogP contribution in [0, 0.1) is 22.7 Å². The smallest absolute Gasteiger partial charge is 0.122 e. The fourth-order valence-corrected chi connectivity index (χ4v) is 3.87. The van der Waals surface area contributed by atoms with Crippen LogP contribution in [0.1, 0.15) is 61.3 Å². The molecule has 1 fully saturated rings. The summed E-state index contributed by atoms with van der Waals surface area (Å²) in [5.41, 5.74) is 2.38. The van der Waals surface area contributed by atoms with Gasteiger partial charge in [-0.05, 0) is 59.7 Å². The normalized spacial score (nSPS) is 35.0. The lowest BCUT2D eigenvalue weighted by Gasteiger charge is -2.23. The molecule has 0 aromatic carbocycles. The van der Waals surface area contributed by atoms with Gasteiger partial charge in [-0.1, -0.05) is 54.2 Å². The van der Waals surface area contributed by atoms with Crippen molar-refractivity contribution in [3.8, 4) is 0 Å². The molecule has 0 nitrogen and oxygen atoms in total. The van der Waals surface area contributed by atoms with Crippen LogP contribution in [0.5, 0.6) is 0 Å². The van der Waals surface area contributed by atoms with Gasteiger partial charge in [-0.3, -0.25) is 0 Å². The summed E-state index contributed by atoms with van der Waals surface area (Å²) in [6.07, 6.45) is 4.97. The van der Waals surface area contributed by atoms with E-state index in [4.69, 9.17) is 0 Å². The molecule has 20 heavy (non-hydrogen) atoms. The average molecular weight is 278 g/mol. The molecule has 0 aromatic rings. The minimum Gasteiger partial charge on any atom is -0.207 e. The first kappa shape index (κ1) is 17.2. The Bertz CT molecular complexity index is 441. The molecule has 0 spiro atoms. The van der Waals surface area contributed by atoms with Crippen molar-refractivity contribution in [1.29, 1.82) is 0 Å². The van der Waals surface area contributed by atoms with Gasteiger partial charge < -0.3 is 0 Å². The monoisotopic (exact) mass is 278 g/mol. The summed E-state index contributed by atoms with van der Waals surface area (Å²) in [5.74, 6) is 1.22. The molecule has 1 heteroatoms. The summed E-state index contributed by atoms with van der Waals surface area (Å²) in [6, 6.07) is 0. The van der Waals surface area contributed by atoms with Crippen molar-refractivity contribution in [2.24, 2.45) is 22.7 Å². The van der Waals surface area contributed by atoms with Gasteiger partial charge in [0.25, 0.3) is 0 Å². The number of allylic oxidation sites excluding steroid dienone is 5. The molecule has 0 amide bonds. The quantitative estimate of drug-likeness (QED) is 0.489. The van der Waals surface area contributed by atoms with Gasteiger partial charge in [-0.2, -0.15) is 0 Å². The van der Waals surface area contributed by atoms with E-state index in [1.807, 2.05) is 6.92 Å². The van der Waals surface area contributed by atoms with E-state index in [1.165, 1.54) is 0 Å². The van der Waals surface area contributed by atoms with Gasteiger partial charge >= 0.3 is 0 Å². The van der Waals surface area contributed by atoms with E-state index in [1.54, 1.807) is 12.2 Å². The molecule has 0 N–H and O–H groups in total. The number of hydrogen-bond donors (Lipinski definition) is 0. The van der Waals surface area contributed by atoms with Gasteiger partial charge in [0, 0.05) is 0 Å².